The van der Waals surface area contributed by atoms with E-state index in [0.717, 1.165) is 32.0 Å². The highest BCUT2D eigenvalue weighted by atomic mass is 16.8. The third-order valence-electron chi connectivity index (χ3n) is 4.44. The van der Waals surface area contributed by atoms with Crippen molar-refractivity contribution in [1.82, 2.24) is 0 Å². The van der Waals surface area contributed by atoms with E-state index in [-0.39, 0.29) is 18.2 Å². The number of unbranched alkanes of at least 4 members (excludes halogenated alkanes) is 2. The van der Waals surface area contributed by atoms with E-state index in [1.807, 2.05) is 13.8 Å². The third kappa shape index (κ3) is 5.48. The molecular formula is C18H30O7. The first-order valence-electron chi connectivity index (χ1n) is 8.91. The molecule has 0 aromatic carbocycles. The molecule has 0 radical (unpaired) electrons. The quantitative estimate of drug-likeness (QED) is 0.374. The highest BCUT2D eigenvalue weighted by Gasteiger charge is 2.53. The molecule has 144 valence electrons. The Morgan fingerprint density at radius 1 is 0.960 bits per heavy atom. The van der Waals surface area contributed by atoms with Gasteiger partial charge in [0.1, 0.15) is 18.3 Å². The van der Waals surface area contributed by atoms with E-state index in [1.54, 1.807) is 13.8 Å². The Labute approximate surface area is 149 Å². The molecule has 0 unspecified atom stereocenters. The van der Waals surface area contributed by atoms with Crippen LogP contribution in [0.25, 0.3) is 0 Å². The van der Waals surface area contributed by atoms with Crippen molar-refractivity contribution < 1.29 is 33.3 Å². The minimum atomic E-state index is -0.822. The van der Waals surface area contributed by atoms with Crippen molar-refractivity contribution in [3.8, 4) is 0 Å². The summed E-state index contributed by atoms with van der Waals surface area (Å²) >= 11 is 0. The van der Waals surface area contributed by atoms with E-state index in [0.29, 0.717) is 6.42 Å². The van der Waals surface area contributed by atoms with Crippen LogP contribution in [0.2, 0.25) is 0 Å². The molecule has 0 bridgehead atoms. The molecule has 0 aromatic heterocycles. The molecular weight excluding hydrogens is 328 g/mol. The van der Waals surface area contributed by atoms with Crippen LogP contribution in [0.15, 0.2) is 0 Å². The second-order valence-electron chi connectivity index (χ2n) is 7.51. The lowest BCUT2D eigenvalue weighted by molar-refractivity contribution is -0.175. The maximum atomic E-state index is 11.4. The van der Waals surface area contributed by atoms with Gasteiger partial charge in [0.15, 0.2) is 17.9 Å². The third-order valence-corrected chi connectivity index (χ3v) is 4.44. The summed E-state index contributed by atoms with van der Waals surface area (Å²) in [6.45, 7) is 7.28. The van der Waals surface area contributed by atoms with Gasteiger partial charge in [0.05, 0.1) is 13.2 Å². The van der Waals surface area contributed by atoms with Gasteiger partial charge in [-0.3, -0.25) is 4.79 Å². The molecule has 2 aliphatic heterocycles. The lowest BCUT2D eigenvalue weighted by Crippen LogP contribution is -2.42. The average Bonchev–Trinajstić information content (AvgIpc) is 3.01. The van der Waals surface area contributed by atoms with Crippen LogP contribution in [0.1, 0.15) is 59.8 Å². The number of methoxy groups -OCH3 is 1. The fourth-order valence-corrected chi connectivity index (χ4v) is 3.44. The molecule has 7 nitrogen and oxygen atoms in total. The molecule has 7 heteroatoms. The van der Waals surface area contributed by atoms with E-state index in [4.69, 9.17) is 18.9 Å². The molecule has 2 saturated heterocycles. The van der Waals surface area contributed by atoms with Crippen LogP contribution in [0.4, 0.5) is 0 Å². The Morgan fingerprint density at radius 3 is 2.24 bits per heavy atom. The van der Waals surface area contributed by atoms with Gasteiger partial charge in [-0.2, -0.15) is 0 Å². The summed E-state index contributed by atoms with van der Waals surface area (Å²) in [6, 6.07) is 0. The molecule has 0 spiro atoms. The van der Waals surface area contributed by atoms with Crippen molar-refractivity contribution in [2.45, 2.75) is 95.8 Å². The number of rotatable bonds is 8. The van der Waals surface area contributed by atoms with Gasteiger partial charge < -0.3 is 28.5 Å². The smallest absolute Gasteiger partial charge is 0.305 e. The van der Waals surface area contributed by atoms with Crippen LogP contribution in [-0.2, 0) is 33.3 Å². The Balaban J connectivity index is 1.91. The second-order valence-corrected chi connectivity index (χ2v) is 7.51. The maximum Gasteiger partial charge on any atom is 0.305 e. The van der Waals surface area contributed by atoms with Crippen LogP contribution in [0.3, 0.4) is 0 Å². The fourth-order valence-electron chi connectivity index (χ4n) is 3.44. The Bertz CT molecular complexity index is 474. The molecule has 0 aromatic rings. The van der Waals surface area contributed by atoms with E-state index in [2.05, 4.69) is 4.74 Å². The summed E-state index contributed by atoms with van der Waals surface area (Å²) in [5.41, 5.74) is 0. The van der Waals surface area contributed by atoms with Gasteiger partial charge in [-0.05, 0) is 40.5 Å². The Hall–Kier alpha value is -1.02. The highest BCUT2D eigenvalue weighted by molar-refractivity contribution is 5.68. The van der Waals surface area contributed by atoms with Gasteiger partial charge in [0.2, 0.25) is 0 Å². The van der Waals surface area contributed by atoms with Gasteiger partial charge in [0, 0.05) is 6.42 Å². The van der Waals surface area contributed by atoms with E-state index >= 15 is 0 Å². The summed E-state index contributed by atoms with van der Waals surface area (Å²) < 4.78 is 28.2. The van der Waals surface area contributed by atoms with E-state index in [9.17, 15) is 9.59 Å². The molecule has 2 aliphatic rings. The zero-order chi connectivity index (χ0) is 18.7. The Kier molecular flexibility index (Phi) is 6.59. The molecule has 4 atom stereocenters. The van der Waals surface area contributed by atoms with Crippen molar-refractivity contribution in [2.75, 3.05) is 7.11 Å². The molecule has 0 N–H and O–H groups in total. The number of carbonyl (C=O) groups is 2. The van der Waals surface area contributed by atoms with Gasteiger partial charge in [-0.15, -0.1) is 0 Å². The minimum Gasteiger partial charge on any atom is -0.469 e. The second kappa shape index (κ2) is 8.12. The summed E-state index contributed by atoms with van der Waals surface area (Å²) in [5.74, 6) is -1.74. The standard InChI is InChI=1S/C18H30O7/c1-17(2)22-12(9-7-6-8-10-14(20)21-5)15(24-17)16-13(11-19)23-18(3,4)25-16/h11-13,15-16H,6-10H2,1-5H3/t12-,13+,15+,16-/m0/s1. The minimum absolute atomic E-state index is 0.182. The van der Waals surface area contributed by atoms with Crippen molar-refractivity contribution in [2.24, 2.45) is 0 Å². The number of hydrogen-bond donors (Lipinski definition) is 0. The van der Waals surface area contributed by atoms with Crippen molar-refractivity contribution >= 4 is 12.3 Å². The number of ether oxygens (including phenoxy) is 5. The number of carbonyl (C=O) groups excluding carboxylic acids is 2. The van der Waals surface area contributed by atoms with Gasteiger partial charge in [-0.1, -0.05) is 12.8 Å². The zero-order valence-electron chi connectivity index (χ0n) is 15.8. The summed E-state index contributed by atoms with van der Waals surface area (Å²) in [4.78, 5) is 22.5. The molecule has 0 aliphatic carbocycles. The molecule has 2 heterocycles. The average molecular weight is 358 g/mol. The van der Waals surface area contributed by atoms with Crippen LogP contribution in [0.5, 0.6) is 0 Å². The van der Waals surface area contributed by atoms with Crippen molar-refractivity contribution in [3.63, 3.8) is 0 Å². The first-order valence-corrected chi connectivity index (χ1v) is 8.91. The largest absolute Gasteiger partial charge is 0.469 e. The molecule has 25 heavy (non-hydrogen) atoms. The molecule has 0 saturated carbocycles. The fraction of sp³-hybridized carbons (Fsp3) is 0.889. The topological polar surface area (TPSA) is 80.3 Å². The van der Waals surface area contributed by atoms with Crippen LogP contribution in [-0.4, -0.2) is 55.4 Å². The lowest BCUT2D eigenvalue weighted by atomic mass is 9.99. The molecule has 0 amide bonds. The monoisotopic (exact) mass is 358 g/mol. The van der Waals surface area contributed by atoms with Gasteiger partial charge >= 0.3 is 5.97 Å². The van der Waals surface area contributed by atoms with Crippen molar-refractivity contribution in [1.29, 1.82) is 0 Å². The predicted molar refractivity (Wildman–Crippen MR) is 88.8 cm³/mol. The zero-order valence-corrected chi connectivity index (χ0v) is 15.8. The van der Waals surface area contributed by atoms with Gasteiger partial charge in [-0.25, -0.2) is 0 Å². The van der Waals surface area contributed by atoms with Gasteiger partial charge in [0.25, 0.3) is 0 Å². The van der Waals surface area contributed by atoms with E-state index in [1.165, 1.54) is 7.11 Å². The number of aldehydes is 1. The predicted octanol–water partition coefficient (Wildman–Crippen LogP) is 2.35. The Morgan fingerprint density at radius 2 is 1.60 bits per heavy atom. The number of hydrogen-bond acceptors (Lipinski definition) is 7. The lowest BCUT2D eigenvalue weighted by Gasteiger charge is -2.24. The SMILES string of the molecule is COC(=O)CCCCC[C@@H]1OC(C)(C)O[C@H]1[C@H]1OC(C)(C)O[C@@H]1C=O. The molecule has 2 fully saturated rings. The van der Waals surface area contributed by atoms with Crippen LogP contribution < -0.4 is 0 Å². The van der Waals surface area contributed by atoms with E-state index < -0.39 is 23.8 Å². The van der Waals surface area contributed by atoms with Crippen molar-refractivity contribution in [3.05, 3.63) is 0 Å². The normalized spacial score (nSPS) is 33.3. The van der Waals surface area contributed by atoms with Crippen LogP contribution in [0, 0.1) is 0 Å². The maximum absolute atomic E-state index is 11.4. The molecule has 2 rings (SSSR count). The first-order chi connectivity index (χ1) is 11.7. The summed E-state index contributed by atoms with van der Waals surface area (Å²) in [7, 11) is 1.40. The highest BCUT2D eigenvalue weighted by Crippen LogP contribution is 2.39. The summed E-state index contributed by atoms with van der Waals surface area (Å²) in [6.07, 6.45) is 2.81. The first kappa shape index (κ1) is 20.3. The number of esters is 1. The summed E-state index contributed by atoms with van der Waals surface area (Å²) in [5, 5.41) is 0. The van der Waals surface area contributed by atoms with Crippen LogP contribution >= 0.6 is 0 Å².